The van der Waals surface area contributed by atoms with Crippen molar-refractivity contribution in [2.45, 2.75) is 44.9 Å². The largest absolute Gasteiger partial charge is 0.433 e. The van der Waals surface area contributed by atoms with Gasteiger partial charge in [-0.15, -0.1) is 0 Å². The molecule has 10 heteroatoms. The van der Waals surface area contributed by atoms with E-state index in [0.29, 0.717) is 25.9 Å². The number of benzene rings is 1. The number of carbonyl (C=O) groups is 2. The second-order valence-electron chi connectivity index (χ2n) is 7.88. The molecule has 0 bridgehead atoms. The number of piperidine rings is 1. The van der Waals surface area contributed by atoms with E-state index < -0.39 is 29.4 Å². The Hall–Kier alpha value is -2.88. The van der Waals surface area contributed by atoms with E-state index in [-0.39, 0.29) is 18.5 Å². The van der Waals surface area contributed by atoms with Crippen molar-refractivity contribution in [3.63, 3.8) is 0 Å². The van der Waals surface area contributed by atoms with Crippen molar-refractivity contribution in [1.29, 1.82) is 0 Å². The van der Waals surface area contributed by atoms with Crippen molar-refractivity contribution < 1.29 is 22.8 Å². The SMILES string of the molecule is CC(C)n1ncc(C(=O)NC2CCN(CC(=O)Nc3ccccc3)CC2)c1C(F)(F)F. The van der Waals surface area contributed by atoms with E-state index in [1.807, 2.05) is 23.1 Å². The Bertz CT molecular complexity index is 903. The van der Waals surface area contributed by atoms with Gasteiger partial charge in [0, 0.05) is 30.9 Å². The molecule has 0 atom stereocenters. The molecule has 1 aromatic heterocycles. The number of nitrogens with one attached hydrogen (secondary N) is 2. The maximum absolute atomic E-state index is 13.5. The highest BCUT2D eigenvalue weighted by Gasteiger charge is 2.41. The topological polar surface area (TPSA) is 79.3 Å². The lowest BCUT2D eigenvalue weighted by molar-refractivity contribution is -0.145. The molecule has 31 heavy (non-hydrogen) atoms. The minimum atomic E-state index is -4.68. The Balaban J connectivity index is 1.53. The number of carbonyl (C=O) groups excluding carboxylic acids is 2. The number of amides is 2. The smallest absolute Gasteiger partial charge is 0.349 e. The third-order valence-electron chi connectivity index (χ3n) is 5.15. The van der Waals surface area contributed by atoms with Gasteiger partial charge in [0.1, 0.15) is 0 Å². The quantitative estimate of drug-likeness (QED) is 0.727. The predicted molar refractivity (Wildman–Crippen MR) is 110 cm³/mol. The van der Waals surface area contributed by atoms with E-state index in [0.717, 1.165) is 16.6 Å². The number of rotatable bonds is 6. The van der Waals surface area contributed by atoms with Crippen LogP contribution in [0.25, 0.3) is 0 Å². The zero-order valence-electron chi connectivity index (χ0n) is 17.4. The van der Waals surface area contributed by atoms with Gasteiger partial charge in [0.2, 0.25) is 5.91 Å². The van der Waals surface area contributed by atoms with Crippen molar-refractivity contribution >= 4 is 17.5 Å². The van der Waals surface area contributed by atoms with Gasteiger partial charge in [-0.05, 0) is 38.8 Å². The molecule has 1 saturated heterocycles. The second-order valence-corrected chi connectivity index (χ2v) is 7.88. The molecule has 1 aliphatic heterocycles. The Kier molecular flexibility index (Phi) is 6.99. The number of para-hydroxylation sites is 1. The summed E-state index contributed by atoms with van der Waals surface area (Å²) < 4.78 is 41.3. The van der Waals surface area contributed by atoms with Crippen LogP contribution in [-0.4, -0.2) is 52.2 Å². The lowest BCUT2D eigenvalue weighted by atomic mass is 10.0. The molecule has 0 radical (unpaired) electrons. The van der Waals surface area contributed by atoms with Gasteiger partial charge >= 0.3 is 6.18 Å². The van der Waals surface area contributed by atoms with Crippen LogP contribution >= 0.6 is 0 Å². The molecule has 0 spiro atoms. The monoisotopic (exact) mass is 437 g/mol. The summed E-state index contributed by atoms with van der Waals surface area (Å²) in [6, 6.07) is 8.35. The van der Waals surface area contributed by atoms with Crippen LogP contribution in [0.2, 0.25) is 0 Å². The predicted octanol–water partition coefficient (Wildman–Crippen LogP) is 3.32. The molecule has 2 heterocycles. The van der Waals surface area contributed by atoms with E-state index in [4.69, 9.17) is 0 Å². The molecule has 168 valence electrons. The van der Waals surface area contributed by atoms with Crippen LogP contribution in [0.3, 0.4) is 0 Å². The van der Waals surface area contributed by atoms with E-state index in [9.17, 15) is 22.8 Å². The first kappa shape index (κ1) is 22.8. The van der Waals surface area contributed by atoms with Crippen molar-refractivity contribution in [3.05, 3.63) is 47.8 Å². The van der Waals surface area contributed by atoms with Crippen molar-refractivity contribution in [2.24, 2.45) is 0 Å². The van der Waals surface area contributed by atoms with Gasteiger partial charge in [-0.1, -0.05) is 18.2 Å². The van der Waals surface area contributed by atoms with Gasteiger partial charge in [-0.2, -0.15) is 18.3 Å². The second kappa shape index (κ2) is 9.51. The van der Waals surface area contributed by atoms with Gasteiger partial charge in [0.15, 0.2) is 5.69 Å². The molecular weight excluding hydrogens is 411 g/mol. The average Bonchev–Trinajstić information content (AvgIpc) is 3.16. The fourth-order valence-electron chi connectivity index (χ4n) is 3.63. The molecular formula is C21H26F3N5O2. The lowest BCUT2D eigenvalue weighted by Crippen LogP contribution is -2.46. The third-order valence-corrected chi connectivity index (χ3v) is 5.15. The van der Waals surface area contributed by atoms with Crippen molar-refractivity contribution in [3.8, 4) is 0 Å². The number of hydrogen-bond acceptors (Lipinski definition) is 4. The molecule has 2 amide bonds. The van der Waals surface area contributed by atoms with Crippen molar-refractivity contribution in [2.75, 3.05) is 25.0 Å². The number of halogens is 3. The highest BCUT2D eigenvalue weighted by atomic mass is 19.4. The highest BCUT2D eigenvalue weighted by Crippen LogP contribution is 2.33. The molecule has 0 unspecified atom stereocenters. The summed E-state index contributed by atoms with van der Waals surface area (Å²) in [4.78, 5) is 26.7. The van der Waals surface area contributed by atoms with Crippen LogP contribution in [0.4, 0.5) is 18.9 Å². The van der Waals surface area contributed by atoms with Crippen LogP contribution < -0.4 is 10.6 Å². The summed E-state index contributed by atoms with van der Waals surface area (Å²) >= 11 is 0. The minimum absolute atomic E-state index is 0.135. The number of aromatic nitrogens is 2. The van der Waals surface area contributed by atoms with Gasteiger partial charge in [0.05, 0.1) is 18.3 Å². The summed E-state index contributed by atoms with van der Waals surface area (Å²) in [5.74, 6) is -0.913. The molecule has 3 rings (SSSR count). The molecule has 1 aliphatic rings. The summed E-state index contributed by atoms with van der Waals surface area (Å²) in [5, 5.41) is 9.27. The molecule has 2 aromatic rings. The van der Waals surface area contributed by atoms with Crippen molar-refractivity contribution in [1.82, 2.24) is 20.0 Å². The van der Waals surface area contributed by atoms with E-state index in [1.54, 1.807) is 26.0 Å². The Morgan fingerprint density at radius 2 is 1.81 bits per heavy atom. The minimum Gasteiger partial charge on any atom is -0.349 e. The maximum Gasteiger partial charge on any atom is 0.433 e. The van der Waals surface area contributed by atoms with Gasteiger partial charge in [-0.25, -0.2) is 0 Å². The number of anilines is 1. The number of alkyl halides is 3. The molecule has 1 aromatic carbocycles. The number of likely N-dealkylation sites (tertiary alicyclic amines) is 1. The summed E-state index contributed by atoms with van der Waals surface area (Å²) in [6.45, 7) is 4.49. The Morgan fingerprint density at radius 1 is 1.16 bits per heavy atom. The fourth-order valence-corrected chi connectivity index (χ4v) is 3.63. The van der Waals surface area contributed by atoms with Gasteiger partial charge < -0.3 is 10.6 Å². The highest BCUT2D eigenvalue weighted by molar-refractivity contribution is 5.95. The number of hydrogen-bond donors (Lipinski definition) is 2. The van der Waals surface area contributed by atoms with E-state index in [1.165, 1.54) is 0 Å². The van der Waals surface area contributed by atoms with E-state index >= 15 is 0 Å². The summed E-state index contributed by atoms with van der Waals surface area (Å²) in [6.07, 6.45) is -2.61. The maximum atomic E-state index is 13.5. The summed E-state index contributed by atoms with van der Waals surface area (Å²) in [7, 11) is 0. The van der Waals surface area contributed by atoms with Crippen LogP contribution in [0.15, 0.2) is 36.5 Å². The van der Waals surface area contributed by atoms with E-state index in [2.05, 4.69) is 15.7 Å². The third kappa shape index (κ3) is 5.84. The summed E-state index contributed by atoms with van der Waals surface area (Å²) in [5.41, 5.74) is -0.780. The lowest BCUT2D eigenvalue weighted by Gasteiger charge is -2.31. The average molecular weight is 437 g/mol. The standard InChI is InChI=1S/C21H26F3N5O2/c1-14(2)29-19(21(22,23)24)17(12-25-29)20(31)27-16-8-10-28(11-9-16)13-18(30)26-15-6-4-3-5-7-15/h3-7,12,14,16H,8-11,13H2,1-2H3,(H,26,30)(H,27,31). The molecule has 7 nitrogen and oxygen atoms in total. The molecule has 0 aliphatic carbocycles. The van der Waals surface area contributed by atoms with Crippen LogP contribution in [0, 0.1) is 0 Å². The Morgan fingerprint density at radius 3 is 2.39 bits per heavy atom. The first-order valence-electron chi connectivity index (χ1n) is 10.2. The zero-order valence-corrected chi connectivity index (χ0v) is 17.4. The zero-order chi connectivity index (χ0) is 22.6. The Labute approximate surface area is 178 Å². The van der Waals surface area contributed by atoms with Crippen LogP contribution in [0.1, 0.15) is 48.8 Å². The fraction of sp³-hybridized carbons (Fsp3) is 0.476. The van der Waals surface area contributed by atoms with Crippen LogP contribution in [0.5, 0.6) is 0 Å². The molecule has 1 fully saturated rings. The first-order valence-corrected chi connectivity index (χ1v) is 10.2. The van der Waals surface area contributed by atoms with Gasteiger partial charge in [-0.3, -0.25) is 19.2 Å². The molecule has 2 N–H and O–H groups in total. The number of nitrogens with zero attached hydrogens (tertiary/aromatic N) is 3. The normalized spacial score (nSPS) is 15.8. The first-order chi connectivity index (χ1) is 14.6. The van der Waals surface area contributed by atoms with Gasteiger partial charge in [0.25, 0.3) is 5.91 Å². The van der Waals surface area contributed by atoms with Crippen LogP contribution in [-0.2, 0) is 11.0 Å². The molecule has 0 saturated carbocycles.